The van der Waals surface area contributed by atoms with Crippen molar-refractivity contribution in [2.75, 3.05) is 0 Å². The Morgan fingerprint density at radius 1 is 1.42 bits per heavy atom. The summed E-state index contributed by atoms with van der Waals surface area (Å²) >= 11 is 0. The number of fused-ring (bicyclic) bond motifs is 1. The van der Waals surface area contributed by atoms with Gasteiger partial charge in [-0.3, -0.25) is 9.48 Å². The molecule has 0 bridgehead atoms. The molecule has 0 aliphatic carbocycles. The molecule has 0 radical (unpaired) electrons. The van der Waals surface area contributed by atoms with Crippen molar-refractivity contribution in [1.29, 1.82) is 0 Å². The van der Waals surface area contributed by atoms with Crippen LogP contribution < -0.4 is 5.32 Å². The minimum absolute atomic E-state index is 0.163. The number of aliphatic carboxylic acids is 1. The van der Waals surface area contributed by atoms with Crippen LogP contribution in [0.3, 0.4) is 0 Å². The third kappa shape index (κ3) is 2.73. The number of nitrogens with one attached hydrogen (secondary N) is 1. The Hall–Kier alpha value is -2.37. The maximum Gasteiger partial charge on any atom is 0.326 e. The van der Waals surface area contributed by atoms with Crippen LogP contribution in [0.2, 0.25) is 0 Å². The molecule has 1 aromatic carbocycles. The maximum atomic E-state index is 11.1. The monoisotopic (exact) mass is 261 g/mol. The number of para-hydroxylation sites is 1. The molecule has 1 heterocycles. The van der Waals surface area contributed by atoms with E-state index in [0.29, 0.717) is 5.69 Å². The van der Waals surface area contributed by atoms with Crippen LogP contribution in [-0.4, -0.2) is 32.8 Å². The highest BCUT2D eigenvalue weighted by Crippen LogP contribution is 2.18. The van der Waals surface area contributed by atoms with Crippen molar-refractivity contribution in [2.45, 2.75) is 19.4 Å². The average molecular weight is 261 g/mol. The van der Waals surface area contributed by atoms with E-state index in [-0.39, 0.29) is 12.3 Å². The van der Waals surface area contributed by atoms with Gasteiger partial charge >= 0.3 is 5.97 Å². The molecule has 2 rings (SSSR count). The number of nitrogens with zero attached hydrogens (tertiary/aromatic N) is 2. The molecule has 0 spiro atoms. The van der Waals surface area contributed by atoms with Gasteiger partial charge in [-0.05, 0) is 6.07 Å². The van der Waals surface area contributed by atoms with Crippen LogP contribution in [0, 0.1) is 0 Å². The van der Waals surface area contributed by atoms with Crippen LogP contribution >= 0.6 is 0 Å². The molecule has 1 amide bonds. The van der Waals surface area contributed by atoms with E-state index in [1.165, 1.54) is 6.92 Å². The van der Waals surface area contributed by atoms with Crippen LogP contribution in [0.1, 0.15) is 12.6 Å². The van der Waals surface area contributed by atoms with Gasteiger partial charge in [0.15, 0.2) is 0 Å². The van der Waals surface area contributed by atoms with E-state index in [4.69, 9.17) is 5.11 Å². The lowest BCUT2D eigenvalue weighted by molar-refractivity contribution is -0.141. The molecule has 0 saturated heterocycles. The van der Waals surface area contributed by atoms with E-state index in [0.717, 1.165) is 10.9 Å². The topological polar surface area (TPSA) is 84.2 Å². The second-order valence-corrected chi connectivity index (χ2v) is 4.38. The molecule has 2 N–H and O–H groups in total. The minimum atomic E-state index is -1.06. The lowest BCUT2D eigenvalue weighted by Gasteiger charge is -2.11. The zero-order valence-corrected chi connectivity index (χ0v) is 10.8. The fraction of sp³-hybridized carbons (Fsp3) is 0.308. The molecule has 100 valence electrons. The van der Waals surface area contributed by atoms with E-state index in [2.05, 4.69) is 10.4 Å². The number of aromatic nitrogens is 2. The van der Waals surface area contributed by atoms with Gasteiger partial charge in [0.05, 0.1) is 11.2 Å². The van der Waals surface area contributed by atoms with Crippen molar-refractivity contribution in [1.82, 2.24) is 15.1 Å². The molecule has 19 heavy (non-hydrogen) atoms. The molecule has 2 aromatic rings. The van der Waals surface area contributed by atoms with Crippen molar-refractivity contribution in [2.24, 2.45) is 7.05 Å². The minimum Gasteiger partial charge on any atom is -0.480 e. The van der Waals surface area contributed by atoms with Crippen molar-refractivity contribution in [3.05, 3.63) is 30.0 Å². The Labute approximate surface area is 110 Å². The molecular weight excluding hydrogens is 246 g/mol. The number of carbonyl (C=O) groups is 2. The molecule has 0 aliphatic heterocycles. The maximum absolute atomic E-state index is 11.1. The van der Waals surface area contributed by atoms with Gasteiger partial charge < -0.3 is 10.4 Å². The summed E-state index contributed by atoms with van der Waals surface area (Å²) in [4.78, 5) is 22.2. The molecule has 6 nitrogen and oxygen atoms in total. The number of aryl methyl sites for hydroxylation is 1. The SMILES string of the molecule is CC(=O)NC(Cc1nn(C)c2ccccc12)C(=O)O. The summed E-state index contributed by atoms with van der Waals surface area (Å²) in [7, 11) is 1.81. The third-order valence-electron chi connectivity index (χ3n) is 2.91. The van der Waals surface area contributed by atoms with Crippen molar-refractivity contribution >= 4 is 22.8 Å². The van der Waals surface area contributed by atoms with Crippen molar-refractivity contribution < 1.29 is 14.7 Å². The number of carboxylic acids is 1. The number of carboxylic acid groups (broad SMARTS) is 1. The second-order valence-electron chi connectivity index (χ2n) is 4.38. The Bertz CT molecular complexity index is 633. The molecule has 1 atom stereocenters. The zero-order chi connectivity index (χ0) is 14.0. The first-order valence-electron chi connectivity index (χ1n) is 5.89. The van der Waals surface area contributed by atoms with Crippen LogP contribution in [0.4, 0.5) is 0 Å². The van der Waals surface area contributed by atoms with E-state index in [1.54, 1.807) is 11.7 Å². The standard InChI is InChI=1S/C13H15N3O3/c1-8(17)14-11(13(18)19)7-10-9-5-3-4-6-12(9)16(2)15-10/h3-6,11H,7H2,1-2H3,(H,14,17)(H,18,19). The first kappa shape index (κ1) is 13.1. The summed E-state index contributed by atoms with van der Waals surface area (Å²) < 4.78 is 1.71. The van der Waals surface area contributed by atoms with E-state index < -0.39 is 12.0 Å². The summed E-state index contributed by atoms with van der Waals surface area (Å²) in [5.74, 6) is -1.43. The highest BCUT2D eigenvalue weighted by Gasteiger charge is 2.21. The van der Waals surface area contributed by atoms with Crippen LogP contribution in [0.15, 0.2) is 24.3 Å². The fourth-order valence-corrected chi connectivity index (χ4v) is 2.08. The molecule has 0 fully saturated rings. The summed E-state index contributed by atoms with van der Waals surface area (Å²) in [5.41, 5.74) is 1.60. The van der Waals surface area contributed by atoms with Gasteiger partial charge in [0, 0.05) is 25.8 Å². The first-order chi connectivity index (χ1) is 8.99. The number of carbonyl (C=O) groups excluding carboxylic acids is 1. The number of amides is 1. The number of rotatable bonds is 4. The predicted molar refractivity (Wildman–Crippen MR) is 69.7 cm³/mol. The zero-order valence-electron chi connectivity index (χ0n) is 10.8. The number of hydrogen-bond donors (Lipinski definition) is 2. The van der Waals surface area contributed by atoms with Gasteiger partial charge in [-0.15, -0.1) is 0 Å². The Balaban J connectivity index is 2.34. The molecular formula is C13H15N3O3. The van der Waals surface area contributed by atoms with Crippen LogP contribution in [-0.2, 0) is 23.1 Å². The van der Waals surface area contributed by atoms with Gasteiger partial charge in [0.1, 0.15) is 6.04 Å². The average Bonchev–Trinajstić information content (AvgIpc) is 2.66. The molecule has 0 aliphatic rings. The van der Waals surface area contributed by atoms with Crippen molar-refractivity contribution in [3.8, 4) is 0 Å². The van der Waals surface area contributed by atoms with Crippen LogP contribution in [0.25, 0.3) is 10.9 Å². The summed E-state index contributed by atoms with van der Waals surface area (Å²) in [6.07, 6.45) is 0.163. The Kier molecular flexibility index (Phi) is 3.50. The molecule has 6 heteroatoms. The number of benzene rings is 1. The smallest absolute Gasteiger partial charge is 0.326 e. The predicted octanol–water partition coefficient (Wildman–Crippen LogP) is 0.705. The van der Waals surface area contributed by atoms with Gasteiger partial charge in [0.2, 0.25) is 5.91 Å². The van der Waals surface area contributed by atoms with Crippen LogP contribution in [0.5, 0.6) is 0 Å². The Morgan fingerprint density at radius 3 is 2.74 bits per heavy atom. The summed E-state index contributed by atoms with van der Waals surface area (Å²) in [6, 6.07) is 6.62. The van der Waals surface area contributed by atoms with Gasteiger partial charge in [-0.25, -0.2) is 4.79 Å². The lowest BCUT2D eigenvalue weighted by Crippen LogP contribution is -2.41. The largest absolute Gasteiger partial charge is 0.480 e. The Morgan fingerprint density at radius 2 is 2.11 bits per heavy atom. The van der Waals surface area contributed by atoms with Crippen molar-refractivity contribution in [3.63, 3.8) is 0 Å². The van der Waals surface area contributed by atoms with Gasteiger partial charge in [0.25, 0.3) is 0 Å². The van der Waals surface area contributed by atoms with E-state index in [9.17, 15) is 9.59 Å². The summed E-state index contributed by atoms with van der Waals surface area (Å²) in [6.45, 7) is 1.30. The highest BCUT2D eigenvalue weighted by atomic mass is 16.4. The first-order valence-corrected chi connectivity index (χ1v) is 5.89. The van der Waals surface area contributed by atoms with Gasteiger partial charge in [-0.1, -0.05) is 18.2 Å². The highest BCUT2D eigenvalue weighted by molar-refractivity contribution is 5.85. The lowest BCUT2D eigenvalue weighted by atomic mass is 10.1. The quantitative estimate of drug-likeness (QED) is 0.848. The van der Waals surface area contributed by atoms with E-state index in [1.807, 2.05) is 24.3 Å². The molecule has 1 unspecified atom stereocenters. The third-order valence-corrected chi connectivity index (χ3v) is 2.91. The fourth-order valence-electron chi connectivity index (χ4n) is 2.08. The molecule has 0 saturated carbocycles. The normalized spacial score (nSPS) is 12.3. The summed E-state index contributed by atoms with van der Waals surface area (Å²) in [5, 5.41) is 16.8. The van der Waals surface area contributed by atoms with Gasteiger partial charge in [-0.2, -0.15) is 5.10 Å². The van der Waals surface area contributed by atoms with E-state index >= 15 is 0 Å². The number of hydrogen-bond acceptors (Lipinski definition) is 3. The second kappa shape index (κ2) is 5.09. The molecule has 1 aromatic heterocycles.